The maximum absolute atomic E-state index is 13.7. The molecule has 0 aliphatic rings. The standard InChI is InChI=1S/C25H41N3O5/c1-11-28(22(31)18(15(2)3)26-23(32)33-25(8,9)10)19(21(30)27-24(5,6)7)17-14-12-13-16(4)20(17)29/h12-15,18-19,29H,11H2,1-10H3,(H,26,32)(H,27,30). The van der Waals surface area contributed by atoms with Crippen molar-refractivity contribution < 1.29 is 24.2 Å². The van der Waals surface area contributed by atoms with Crippen LogP contribution in [0.15, 0.2) is 18.2 Å². The van der Waals surface area contributed by atoms with Gasteiger partial charge in [-0.05, 0) is 66.9 Å². The Labute approximate surface area is 198 Å². The summed E-state index contributed by atoms with van der Waals surface area (Å²) in [6.07, 6.45) is -0.709. The van der Waals surface area contributed by atoms with Crippen molar-refractivity contribution in [3.05, 3.63) is 29.3 Å². The first-order chi connectivity index (χ1) is 15.0. The van der Waals surface area contributed by atoms with E-state index in [1.807, 2.05) is 34.6 Å². The minimum absolute atomic E-state index is 0.0426. The molecule has 186 valence electrons. The lowest BCUT2D eigenvalue weighted by molar-refractivity contribution is -0.143. The molecule has 3 amide bonds. The van der Waals surface area contributed by atoms with E-state index in [-0.39, 0.29) is 18.2 Å². The number of aromatic hydroxyl groups is 1. The number of likely N-dealkylation sites (N-methyl/N-ethyl adjacent to an activating group) is 1. The van der Waals surface area contributed by atoms with Gasteiger partial charge in [-0.3, -0.25) is 9.59 Å². The number of phenols is 1. The first-order valence-corrected chi connectivity index (χ1v) is 11.4. The van der Waals surface area contributed by atoms with Gasteiger partial charge < -0.3 is 25.4 Å². The second kappa shape index (κ2) is 10.9. The fourth-order valence-electron chi connectivity index (χ4n) is 3.38. The number of phenolic OH excluding ortho intramolecular Hbond substituents is 1. The van der Waals surface area contributed by atoms with E-state index >= 15 is 0 Å². The highest BCUT2D eigenvalue weighted by Gasteiger charge is 2.38. The summed E-state index contributed by atoms with van der Waals surface area (Å²) < 4.78 is 5.34. The molecule has 3 N–H and O–H groups in total. The van der Waals surface area contributed by atoms with Gasteiger partial charge in [0.2, 0.25) is 11.8 Å². The average molecular weight is 464 g/mol. The lowest BCUT2D eigenvalue weighted by atomic mass is 9.96. The van der Waals surface area contributed by atoms with Gasteiger partial charge in [-0.25, -0.2) is 4.79 Å². The average Bonchev–Trinajstić information content (AvgIpc) is 2.63. The van der Waals surface area contributed by atoms with Crippen LogP contribution in [0.3, 0.4) is 0 Å². The molecule has 0 radical (unpaired) electrons. The predicted molar refractivity (Wildman–Crippen MR) is 129 cm³/mol. The van der Waals surface area contributed by atoms with E-state index in [0.717, 1.165) is 0 Å². The van der Waals surface area contributed by atoms with Gasteiger partial charge in [-0.2, -0.15) is 0 Å². The van der Waals surface area contributed by atoms with E-state index in [9.17, 15) is 19.5 Å². The van der Waals surface area contributed by atoms with Gasteiger partial charge in [-0.1, -0.05) is 32.0 Å². The van der Waals surface area contributed by atoms with Crippen LogP contribution in [-0.2, 0) is 14.3 Å². The molecule has 0 spiro atoms. The number of para-hydroxylation sites is 1. The van der Waals surface area contributed by atoms with Crippen LogP contribution >= 0.6 is 0 Å². The summed E-state index contributed by atoms with van der Waals surface area (Å²) in [5.41, 5.74) is -0.353. The Balaban J connectivity index is 3.46. The third kappa shape index (κ3) is 8.26. The summed E-state index contributed by atoms with van der Waals surface area (Å²) in [6.45, 7) is 18.0. The second-order valence-electron chi connectivity index (χ2n) is 10.6. The molecule has 0 aromatic heterocycles. The molecule has 0 aliphatic carbocycles. The maximum Gasteiger partial charge on any atom is 0.408 e. The van der Waals surface area contributed by atoms with Crippen molar-refractivity contribution in [2.24, 2.45) is 5.92 Å². The van der Waals surface area contributed by atoms with Crippen LogP contribution in [0.5, 0.6) is 5.75 Å². The molecule has 0 fully saturated rings. The molecule has 1 rings (SSSR count). The van der Waals surface area contributed by atoms with Gasteiger partial charge in [0.25, 0.3) is 0 Å². The van der Waals surface area contributed by atoms with Crippen LogP contribution in [0.2, 0.25) is 0 Å². The second-order valence-corrected chi connectivity index (χ2v) is 10.6. The van der Waals surface area contributed by atoms with Crippen LogP contribution in [0.25, 0.3) is 0 Å². The molecule has 8 nitrogen and oxygen atoms in total. The molecule has 0 saturated heterocycles. The largest absolute Gasteiger partial charge is 0.507 e. The SMILES string of the molecule is CCN(C(=O)C(NC(=O)OC(C)(C)C)C(C)C)C(C(=O)NC(C)(C)C)c1cccc(C)c1O. The summed E-state index contributed by atoms with van der Waals surface area (Å²) in [4.78, 5) is 40.9. The number of carbonyl (C=O) groups is 3. The third-order valence-electron chi connectivity index (χ3n) is 4.85. The zero-order valence-corrected chi connectivity index (χ0v) is 21.7. The number of aryl methyl sites for hydroxylation is 1. The van der Waals surface area contributed by atoms with Gasteiger partial charge in [0, 0.05) is 17.6 Å². The van der Waals surface area contributed by atoms with Crippen molar-refractivity contribution in [1.82, 2.24) is 15.5 Å². The van der Waals surface area contributed by atoms with Crippen molar-refractivity contribution in [2.45, 2.75) is 92.5 Å². The Bertz CT molecular complexity index is 853. The number of alkyl carbamates (subject to hydrolysis) is 1. The first kappa shape index (κ1) is 28.3. The molecule has 8 heteroatoms. The molecule has 2 atom stereocenters. The molecule has 0 aliphatic heterocycles. The van der Waals surface area contributed by atoms with Gasteiger partial charge in [0.05, 0.1) is 0 Å². The number of nitrogens with zero attached hydrogens (tertiary/aromatic N) is 1. The Kier molecular flexibility index (Phi) is 9.33. The van der Waals surface area contributed by atoms with Crippen molar-refractivity contribution in [1.29, 1.82) is 0 Å². The van der Waals surface area contributed by atoms with E-state index in [2.05, 4.69) is 10.6 Å². The summed E-state index contributed by atoms with van der Waals surface area (Å²) in [7, 11) is 0. The van der Waals surface area contributed by atoms with Crippen molar-refractivity contribution in [3.8, 4) is 5.75 Å². The fraction of sp³-hybridized carbons (Fsp3) is 0.640. The van der Waals surface area contributed by atoms with Gasteiger partial charge >= 0.3 is 6.09 Å². The molecule has 33 heavy (non-hydrogen) atoms. The molecule has 0 bridgehead atoms. The van der Waals surface area contributed by atoms with E-state index < -0.39 is 41.1 Å². The Morgan fingerprint density at radius 1 is 1.09 bits per heavy atom. The number of amides is 3. The smallest absolute Gasteiger partial charge is 0.408 e. The minimum Gasteiger partial charge on any atom is -0.507 e. The quantitative estimate of drug-likeness (QED) is 0.565. The highest BCUT2D eigenvalue weighted by Crippen LogP contribution is 2.32. The van der Waals surface area contributed by atoms with Gasteiger partial charge in [0.15, 0.2) is 0 Å². The summed E-state index contributed by atoms with van der Waals surface area (Å²) in [6, 6.07) is 3.10. The predicted octanol–water partition coefficient (Wildman–Crippen LogP) is 4.05. The highest BCUT2D eigenvalue weighted by atomic mass is 16.6. The van der Waals surface area contributed by atoms with Gasteiger partial charge in [0.1, 0.15) is 23.4 Å². The number of rotatable bonds is 7. The maximum atomic E-state index is 13.7. The van der Waals surface area contributed by atoms with Crippen LogP contribution in [0, 0.1) is 12.8 Å². The molecular formula is C25H41N3O5. The summed E-state index contributed by atoms with van der Waals surface area (Å²) in [5, 5.41) is 16.3. The lowest BCUT2D eigenvalue weighted by Gasteiger charge is -2.36. The van der Waals surface area contributed by atoms with Crippen molar-refractivity contribution in [2.75, 3.05) is 6.54 Å². The summed E-state index contributed by atoms with van der Waals surface area (Å²) in [5.74, 6) is -1.16. The molecule has 2 unspecified atom stereocenters. The zero-order chi connectivity index (χ0) is 25.7. The third-order valence-corrected chi connectivity index (χ3v) is 4.85. The Hall–Kier alpha value is -2.77. The summed E-state index contributed by atoms with van der Waals surface area (Å²) >= 11 is 0. The topological polar surface area (TPSA) is 108 Å². The van der Waals surface area contributed by atoms with Crippen LogP contribution in [0.4, 0.5) is 4.79 Å². The number of hydrogen-bond acceptors (Lipinski definition) is 5. The number of carbonyl (C=O) groups excluding carboxylic acids is 3. The van der Waals surface area contributed by atoms with E-state index in [0.29, 0.717) is 11.1 Å². The van der Waals surface area contributed by atoms with Crippen LogP contribution < -0.4 is 10.6 Å². The molecular weight excluding hydrogens is 422 g/mol. The zero-order valence-electron chi connectivity index (χ0n) is 21.7. The molecule has 1 aromatic rings. The van der Waals surface area contributed by atoms with Crippen molar-refractivity contribution in [3.63, 3.8) is 0 Å². The minimum atomic E-state index is -1.08. The Morgan fingerprint density at radius 2 is 1.67 bits per heavy atom. The number of ether oxygens (including phenoxy) is 1. The van der Waals surface area contributed by atoms with Gasteiger partial charge in [-0.15, -0.1) is 0 Å². The van der Waals surface area contributed by atoms with E-state index in [1.54, 1.807) is 52.8 Å². The normalized spacial score (nSPS) is 13.8. The molecule has 0 heterocycles. The monoisotopic (exact) mass is 463 g/mol. The lowest BCUT2D eigenvalue weighted by Crippen LogP contribution is -2.56. The highest BCUT2D eigenvalue weighted by molar-refractivity contribution is 5.93. The van der Waals surface area contributed by atoms with Crippen LogP contribution in [0.1, 0.15) is 79.5 Å². The number of benzene rings is 1. The number of hydrogen-bond donors (Lipinski definition) is 3. The first-order valence-electron chi connectivity index (χ1n) is 11.4. The molecule has 0 saturated carbocycles. The van der Waals surface area contributed by atoms with E-state index in [4.69, 9.17) is 4.74 Å². The fourth-order valence-corrected chi connectivity index (χ4v) is 3.38. The molecule has 1 aromatic carbocycles. The van der Waals surface area contributed by atoms with Crippen molar-refractivity contribution >= 4 is 17.9 Å². The Morgan fingerprint density at radius 3 is 2.12 bits per heavy atom. The van der Waals surface area contributed by atoms with E-state index in [1.165, 1.54) is 4.90 Å². The number of nitrogens with one attached hydrogen (secondary N) is 2. The van der Waals surface area contributed by atoms with Crippen LogP contribution in [-0.4, -0.2) is 51.6 Å².